The standard InChI is InChI=1S/C27H29N5O2.C26H27N5O2.C24H23N5O.C23H19N5O2/c1-2-34-23-9-7-22(8-10-23)29-27(33)26-24-15-20(6-11-25(24)30-31-26)21-14-19(16-28-17-21)18-32-12-4-3-5-13-32;1-2-33-22-8-6-21(7-9-22)28-26(32)25-23-14-19(5-10-24(23)29-30-25)20-13-18(15-27-16-20)17-31-11-3-4-12-31;30-24(26-20-6-2-1-3-7-20)23-21-13-18(8-9-22(21)27-28-23)19-12-17(14-25-15-19)16-29-10-4-5-11-29;29-22(14-6-7-14)26-18-10-16(12-24-13-18)15-8-9-20-19(11-15)21(28-27-20)23(30)25-17-4-2-1-3-5-17/h6-11,14-17H,2-5,12-13,18H2,1H3,(H,29,33)(H,30,31);5-10,13-16H,2-4,11-12,17H2,1H3,(H,28,32)(H,29,30);1-3,6-9,12-15H,4-5,10-11,16H2,(H,26,30)(H,27,28);1-5,8-14H,6-7H2,(H,25,30)(H,26,29)(H,27,28). The van der Waals surface area contributed by atoms with Crippen LogP contribution < -0.4 is 36.1 Å². The summed E-state index contributed by atoms with van der Waals surface area (Å²) >= 11 is 0. The Labute approximate surface area is 734 Å². The maximum atomic E-state index is 13.0. The van der Waals surface area contributed by atoms with E-state index in [4.69, 9.17) is 9.47 Å². The second kappa shape index (κ2) is 40.2. The van der Waals surface area contributed by atoms with Crippen LogP contribution in [0.3, 0.4) is 0 Å². The molecule has 11 heterocycles. The Morgan fingerprint density at radius 1 is 0.315 bits per heavy atom. The molecule has 127 heavy (non-hydrogen) atoms. The first-order chi connectivity index (χ1) is 62.3. The fraction of sp³-hybridized carbons (Fsp3) is 0.230. The van der Waals surface area contributed by atoms with Crippen molar-refractivity contribution < 1.29 is 33.4 Å². The minimum atomic E-state index is -0.284. The molecule has 8 aromatic heterocycles. The molecule has 16 aromatic rings. The third-order valence-corrected chi connectivity index (χ3v) is 22.8. The van der Waals surface area contributed by atoms with E-state index in [1.165, 1.54) is 61.6 Å². The number of benzene rings is 8. The second-order valence-electron chi connectivity index (χ2n) is 32.1. The van der Waals surface area contributed by atoms with Crippen molar-refractivity contribution in [3.63, 3.8) is 0 Å². The van der Waals surface area contributed by atoms with E-state index in [1.807, 2.05) is 239 Å². The van der Waals surface area contributed by atoms with Crippen LogP contribution in [0.25, 0.3) is 88.1 Å². The summed E-state index contributed by atoms with van der Waals surface area (Å²) in [7, 11) is 0. The van der Waals surface area contributed by atoms with E-state index in [-0.39, 0.29) is 35.5 Å². The molecule has 27 nitrogen and oxygen atoms in total. The molecule has 1 saturated carbocycles. The van der Waals surface area contributed by atoms with Gasteiger partial charge >= 0.3 is 0 Å². The Morgan fingerprint density at radius 3 is 0.929 bits per heavy atom. The number of rotatable bonds is 24. The highest BCUT2D eigenvalue weighted by molar-refractivity contribution is 6.15. The number of aromatic amines is 4. The lowest BCUT2D eigenvalue weighted by molar-refractivity contribution is -0.117. The fourth-order valence-corrected chi connectivity index (χ4v) is 16.1. The highest BCUT2D eigenvalue weighted by atomic mass is 16.5. The highest BCUT2D eigenvalue weighted by Gasteiger charge is 2.30. The summed E-state index contributed by atoms with van der Waals surface area (Å²) in [6.45, 7) is 14.8. The van der Waals surface area contributed by atoms with Gasteiger partial charge in [-0.1, -0.05) is 67.1 Å². The van der Waals surface area contributed by atoms with Crippen LogP contribution in [0.5, 0.6) is 11.5 Å². The number of carbonyl (C=O) groups is 5. The lowest BCUT2D eigenvalue weighted by atomic mass is 10.0. The van der Waals surface area contributed by atoms with Crippen LogP contribution in [-0.2, 0) is 24.4 Å². The zero-order valence-electron chi connectivity index (χ0n) is 70.7. The number of H-pyrrole nitrogens is 4. The molecule has 0 atom stereocenters. The minimum absolute atomic E-state index is 0.0408. The van der Waals surface area contributed by atoms with Gasteiger partial charge in [-0.15, -0.1) is 0 Å². The molecule has 4 aliphatic rings. The van der Waals surface area contributed by atoms with E-state index in [0.717, 1.165) is 172 Å². The number of fused-ring (bicyclic) bond motifs is 4. The summed E-state index contributed by atoms with van der Waals surface area (Å²) in [6, 6.07) is 65.5. The Balaban J connectivity index is 0.000000119. The highest BCUT2D eigenvalue weighted by Crippen LogP contribution is 2.35. The number of para-hydroxylation sites is 2. The van der Waals surface area contributed by atoms with Crippen LogP contribution in [0.1, 0.15) is 130 Å². The number of ether oxygens (including phenoxy) is 2. The average molecular weight is 1690 g/mol. The Hall–Kier alpha value is -14.9. The summed E-state index contributed by atoms with van der Waals surface area (Å²) in [5.74, 6) is 0.671. The molecule has 20 rings (SSSR count). The average Bonchev–Trinajstić information content (AvgIpc) is 1.70. The van der Waals surface area contributed by atoms with Crippen molar-refractivity contribution in [2.24, 2.45) is 5.92 Å². The number of likely N-dealkylation sites (tertiary alicyclic amines) is 3. The van der Waals surface area contributed by atoms with Gasteiger partial charge < -0.3 is 36.1 Å². The van der Waals surface area contributed by atoms with Crippen molar-refractivity contribution in [2.45, 2.75) is 91.3 Å². The van der Waals surface area contributed by atoms with Crippen LogP contribution >= 0.6 is 0 Å². The number of hydrogen-bond acceptors (Lipinski definition) is 18. The molecular formula is C100H98N20O7. The molecular weight excluding hydrogens is 1590 g/mol. The monoisotopic (exact) mass is 1690 g/mol. The van der Waals surface area contributed by atoms with E-state index in [2.05, 4.69) is 120 Å². The third kappa shape index (κ3) is 21.5. The predicted molar refractivity (Wildman–Crippen MR) is 497 cm³/mol. The van der Waals surface area contributed by atoms with Gasteiger partial charge in [0.05, 0.1) is 47.2 Å². The zero-order valence-corrected chi connectivity index (χ0v) is 70.7. The number of hydrogen-bond donors (Lipinski definition) is 9. The van der Waals surface area contributed by atoms with Crippen LogP contribution in [0.15, 0.2) is 256 Å². The Morgan fingerprint density at radius 2 is 0.614 bits per heavy atom. The number of anilines is 5. The number of nitrogens with one attached hydrogen (secondary N) is 9. The summed E-state index contributed by atoms with van der Waals surface area (Å²) < 4.78 is 10.9. The molecule has 0 unspecified atom stereocenters. The first kappa shape index (κ1) is 84.3. The summed E-state index contributed by atoms with van der Waals surface area (Å²) in [6.07, 6.45) is 25.7. The van der Waals surface area contributed by atoms with Crippen molar-refractivity contribution in [3.05, 3.63) is 295 Å². The summed E-state index contributed by atoms with van der Waals surface area (Å²) in [4.78, 5) is 88.6. The van der Waals surface area contributed by atoms with Gasteiger partial charge in [0.1, 0.15) is 11.5 Å². The Bertz CT molecular complexity index is 6530. The summed E-state index contributed by atoms with van der Waals surface area (Å²) in [5, 5.41) is 46.4. The molecule has 3 saturated heterocycles. The van der Waals surface area contributed by atoms with E-state index in [9.17, 15) is 24.0 Å². The number of nitrogens with zero attached hydrogens (tertiary/aromatic N) is 11. The molecule has 640 valence electrons. The molecule has 27 heteroatoms. The molecule has 3 aliphatic heterocycles. The van der Waals surface area contributed by atoms with Crippen LogP contribution in [0.4, 0.5) is 28.4 Å². The zero-order chi connectivity index (χ0) is 86.8. The van der Waals surface area contributed by atoms with Gasteiger partial charge in [0, 0.05) is 135 Å². The van der Waals surface area contributed by atoms with Gasteiger partial charge in [-0.3, -0.25) is 79.0 Å². The lowest BCUT2D eigenvalue weighted by Crippen LogP contribution is -2.29. The first-order valence-corrected chi connectivity index (χ1v) is 43.3. The number of amides is 5. The van der Waals surface area contributed by atoms with Crippen LogP contribution in [-0.4, -0.2) is 157 Å². The maximum Gasteiger partial charge on any atom is 0.276 e. The van der Waals surface area contributed by atoms with Gasteiger partial charge in [0.15, 0.2) is 22.8 Å². The number of carbonyl (C=O) groups excluding carboxylic acids is 5. The molecule has 0 bridgehead atoms. The van der Waals surface area contributed by atoms with Crippen molar-refractivity contribution in [1.29, 1.82) is 0 Å². The normalized spacial score (nSPS) is 13.9. The van der Waals surface area contributed by atoms with Gasteiger partial charge in [-0.05, 0) is 289 Å². The van der Waals surface area contributed by atoms with Crippen molar-refractivity contribution in [1.82, 2.24) is 75.4 Å². The van der Waals surface area contributed by atoms with Crippen molar-refractivity contribution in [3.8, 4) is 56.0 Å². The number of piperidine rings is 1. The van der Waals surface area contributed by atoms with E-state index >= 15 is 0 Å². The molecule has 4 fully saturated rings. The van der Waals surface area contributed by atoms with E-state index in [1.54, 1.807) is 12.4 Å². The fourth-order valence-electron chi connectivity index (χ4n) is 16.1. The van der Waals surface area contributed by atoms with Crippen molar-refractivity contribution >= 4 is 102 Å². The predicted octanol–water partition coefficient (Wildman–Crippen LogP) is 18.8. The van der Waals surface area contributed by atoms with Gasteiger partial charge in [0.25, 0.3) is 23.6 Å². The Kier molecular flexibility index (Phi) is 26.6. The second-order valence-corrected chi connectivity index (χ2v) is 32.1. The van der Waals surface area contributed by atoms with Gasteiger partial charge in [0.2, 0.25) is 5.91 Å². The molecule has 1 aliphatic carbocycles. The smallest absolute Gasteiger partial charge is 0.276 e. The molecule has 0 spiro atoms. The lowest BCUT2D eigenvalue weighted by Gasteiger charge is -2.26. The van der Waals surface area contributed by atoms with E-state index < -0.39 is 0 Å². The molecule has 5 amide bonds. The largest absolute Gasteiger partial charge is 0.494 e. The summed E-state index contributed by atoms with van der Waals surface area (Å²) in [5.41, 5.74) is 19.7. The molecule has 9 N–H and O–H groups in total. The van der Waals surface area contributed by atoms with Gasteiger partial charge in [-0.2, -0.15) is 20.4 Å². The SMILES string of the molecule is CCOc1ccc(NC(=O)c2n[nH]c3ccc(-c4cncc(CN5CCCC5)c4)cc23)cc1.CCOc1ccc(NC(=O)c2n[nH]c3ccc(-c4cncc(CN5CCCCC5)c4)cc23)cc1.O=C(Nc1ccccc1)c1n[nH]c2ccc(-c3cncc(CN4CCCC4)c3)cc12.O=C(Nc1ccccc1)c1n[nH]c2ccc(-c3cncc(NC(=O)C4CC4)c3)cc12. The topological polar surface area (TPSA) is 340 Å². The number of aromatic nitrogens is 12. The van der Waals surface area contributed by atoms with Gasteiger partial charge in [-0.25, -0.2) is 0 Å². The van der Waals surface area contributed by atoms with E-state index in [0.29, 0.717) is 64.1 Å². The van der Waals surface area contributed by atoms with Crippen LogP contribution in [0.2, 0.25) is 0 Å². The quantitative estimate of drug-likeness (QED) is 0.0271. The molecule has 8 aromatic carbocycles. The number of pyridine rings is 4. The maximum absolute atomic E-state index is 13.0. The minimum Gasteiger partial charge on any atom is -0.494 e. The molecule has 0 radical (unpaired) electrons. The van der Waals surface area contributed by atoms with Crippen LogP contribution in [0, 0.1) is 5.92 Å². The first-order valence-electron chi connectivity index (χ1n) is 43.3. The van der Waals surface area contributed by atoms with Crippen molar-refractivity contribution in [2.75, 3.05) is 79.1 Å². The third-order valence-electron chi connectivity index (χ3n) is 22.8.